The molecule has 0 rings (SSSR count). The molecule has 0 radical (unpaired) electrons. The number of carbonyl (C=O) groups is 7. The highest BCUT2D eigenvalue weighted by Crippen LogP contribution is 2.12. The molecule has 17 N–H and O–H groups in total. The van der Waals surface area contributed by atoms with Crippen LogP contribution in [-0.4, -0.2) is 125 Å². The van der Waals surface area contributed by atoms with Gasteiger partial charge in [-0.05, 0) is 69.9 Å². The van der Waals surface area contributed by atoms with Gasteiger partial charge in [-0.25, -0.2) is 4.79 Å². The van der Waals surface area contributed by atoms with Gasteiger partial charge in [-0.1, -0.05) is 20.3 Å². The number of hydrogen-bond donors (Lipinski definition) is 12. The van der Waals surface area contributed by atoms with Crippen LogP contribution in [0.3, 0.4) is 0 Å². The Morgan fingerprint density at radius 1 is 0.731 bits per heavy atom. The summed E-state index contributed by atoms with van der Waals surface area (Å²) in [5.74, 6) is -6.59. The number of aliphatic carboxylic acids is 1. The molecule has 52 heavy (non-hydrogen) atoms. The fraction of sp³-hybridized carbons (Fsp3) is 0.742. The van der Waals surface area contributed by atoms with Crippen molar-refractivity contribution < 1.29 is 43.8 Å². The van der Waals surface area contributed by atoms with Crippen molar-refractivity contribution in [3.05, 3.63) is 0 Å². The molecule has 0 spiro atoms. The number of amides is 6. The second-order valence-electron chi connectivity index (χ2n) is 12.4. The SMILES string of the molecule is CC[C@H](C)[C@H](NC(=O)[C@H](CCCCN)NC(=O)[C@H](CCSC)NC(=O)[C@@H](N)[C@@H](C)O)C(=O)N[C@@H](CCCN=C(N)N)C(=O)N[C@@H](CC(N)=O)C(=O)O. The average Bonchev–Trinajstić information content (AvgIpc) is 3.07. The molecule has 0 aromatic carbocycles. The van der Waals surface area contributed by atoms with E-state index in [1.54, 1.807) is 13.8 Å². The number of aliphatic hydroxyl groups is 1. The summed E-state index contributed by atoms with van der Waals surface area (Å²) in [6, 6.07) is -7.78. The predicted molar refractivity (Wildman–Crippen MR) is 196 cm³/mol. The number of thioether (sulfide) groups is 1. The van der Waals surface area contributed by atoms with Gasteiger partial charge < -0.3 is 65.5 Å². The maximum absolute atomic E-state index is 13.8. The molecule has 0 aliphatic heterocycles. The van der Waals surface area contributed by atoms with Crippen molar-refractivity contribution in [1.29, 1.82) is 0 Å². The number of hydrogen-bond acceptors (Lipinski definition) is 12. The molecular formula is C31H59N11O9S. The zero-order valence-electron chi connectivity index (χ0n) is 30.4. The van der Waals surface area contributed by atoms with E-state index >= 15 is 0 Å². The first kappa shape index (κ1) is 47.8. The van der Waals surface area contributed by atoms with Crippen molar-refractivity contribution in [2.45, 2.75) is 114 Å². The van der Waals surface area contributed by atoms with Crippen molar-refractivity contribution >= 4 is 59.1 Å². The maximum atomic E-state index is 13.8. The van der Waals surface area contributed by atoms with Crippen molar-refractivity contribution in [3.63, 3.8) is 0 Å². The van der Waals surface area contributed by atoms with Crippen LogP contribution in [-0.2, 0) is 33.6 Å². The summed E-state index contributed by atoms with van der Waals surface area (Å²) in [6.07, 6.45) is 1.72. The van der Waals surface area contributed by atoms with E-state index in [-0.39, 0.29) is 38.2 Å². The van der Waals surface area contributed by atoms with Gasteiger partial charge >= 0.3 is 5.97 Å². The van der Waals surface area contributed by atoms with Gasteiger partial charge in [-0.3, -0.25) is 33.8 Å². The van der Waals surface area contributed by atoms with Crippen molar-refractivity contribution in [2.75, 3.05) is 25.1 Å². The molecule has 0 aromatic rings. The Hall–Kier alpha value is -4.21. The summed E-state index contributed by atoms with van der Waals surface area (Å²) in [5, 5.41) is 31.9. The fourth-order valence-electron chi connectivity index (χ4n) is 4.69. The lowest BCUT2D eigenvalue weighted by atomic mass is 9.96. The van der Waals surface area contributed by atoms with E-state index in [9.17, 15) is 43.8 Å². The number of unbranched alkanes of at least 4 members (excludes halogenated alkanes) is 1. The van der Waals surface area contributed by atoms with Crippen LogP contribution in [0.2, 0.25) is 0 Å². The lowest BCUT2D eigenvalue weighted by molar-refractivity contribution is -0.144. The zero-order valence-corrected chi connectivity index (χ0v) is 31.2. The number of primary amides is 1. The van der Waals surface area contributed by atoms with Crippen LogP contribution in [0.15, 0.2) is 4.99 Å². The molecule has 0 aliphatic carbocycles. The number of carbonyl (C=O) groups excluding carboxylic acids is 6. The van der Waals surface area contributed by atoms with Crippen LogP contribution in [0.1, 0.15) is 72.1 Å². The van der Waals surface area contributed by atoms with E-state index in [2.05, 4.69) is 31.6 Å². The zero-order chi connectivity index (χ0) is 40.0. The minimum Gasteiger partial charge on any atom is -0.480 e. The Morgan fingerprint density at radius 2 is 1.23 bits per heavy atom. The number of aliphatic imine (C=N–C) groups is 1. The monoisotopic (exact) mass is 761 g/mol. The van der Waals surface area contributed by atoms with Crippen LogP contribution in [0, 0.1) is 5.92 Å². The number of nitrogens with zero attached hydrogens (tertiary/aromatic N) is 1. The minimum atomic E-state index is -1.67. The topological polar surface area (TPSA) is 363 Å². The van der Waals surface area contributed by atoms with Crippen LogP contribution < -0.4 is 55.3 Å². The Morgan fingerprint density at radius 3 is 1.71 bits per heavy atom. The van der Waals surface area contributed by atoms with Crippen molar-refractivity contribution in [3.8, 4) is 0 Å². The van der Waals surface area contributed by atoms with E-state index in [0.717, 1.165) is 0 Å². The molecule has 0 aliphatic rings. The Balaban J connectivity index is 6.32. The first-order valence-electron chi connectivity index (χ1n) is 17.1. The van der Waals surface area contributed by atoms with Crippen LogP contribution >= 0.6 is 11.8 Å². The second kappa shape index (κ2) is 25.7. The normalized spacial score (nSPS) is 15.6. The van der Waals surface area contributed by atoms with Gasteiger partial charge in [0.25, 0.3) is 0 Å². The quantitative estimate of drug-likeness (QED) is 0.0216. The molecule has 298 valence electrons. The number of guanidine groups is 1. The van der Waals surface area contributed by atoms with Gasteiger partial charge in [0.15, 0.2) is 5.96 Å². The van der Waals surface area contributed by atoms with E-state index < -0.39 is 96.1 Å². The summed E-state index contributed by atoms with van der Waals surface area (Å²) < 4.78 is 0. The summed E-state index contributed by atoms with van der Waals surface area (Å²) >= 11 is 1.42. The second-order valence-corrected chi connectivity index (χ2v) is 13.4. The smallest absolute Gasteiger partial charge is 0.326 e. The maximum Gasteiger partial charge on any atom is 0.326 e. The molecule has 0 saturated carbocycles. The number of rotatable bonds is 27. The summed E-state index contributed by atoms with van der Waals surface area (Å²) in [7, 11) is 0. The standard InChI is InChI=1S/C31H59N11O9S/c1-5-16(2)24(29(49)40-19(10-8-13-37-31(35)36)25(45)41-21(30(50)51)15-22(33)44)42-27(47)18(9-6-7-12-32)38-26(46)20(11-14-52-4)39-28(48)23(34)17(3)43/h16-21,23-24,43H,5-15,32,34H2,1-4H3,(H2,33,44)(H,38,46)(H,39,48)(H,40,49)(H,41,45)(H,42,47)(H,50,51)(H4,35,36,37)/t16-,17+,18-,19-,20-,21-,23-,24-/m0/s1. The van der Waals surface area contributed by atoms with Gasteiger partial charge in [0, 0.05) is 6.54 Å². The van der Waals surface area contributed by atoms with Crippen molar-refractivity contribution in [2.24, 2.45) is 39.6 Å². The van der Waals surface area contributed by atoms with E-state index in [4.69, 9.17) is 28.7 Å². The van der Waals surface area contributed by atoms with E-state index in [1.807, 2.05) is 6.26 Å². The molecule has 0 bridgehead atoms. The van der Waals surface area contributed by atoms with Crippen molar-refractivity contribution in [1.82, 2.24) is 26.6 Å². The number of aliphatic hydroxyl groups excluding tert-OH is 1. The largest absolute Gasteiger partial charge is 0.480 e. The van der Waals surface area contributed by atoms with Gasteiger partial charge in [-0.2, -0.15) is 11.8 Å². The average molecular weight is 762 g/mol. The summed E-state index contributed by atoms with van der Waals surface area (Å²) in [4.78, 5) is 93.7. The molecular weight excluding hydrogens is 702 g/mol. The Labute approximate surface area is 308 Å². The molecule has 0 fully saturated rings. The summed E-state index contributed by atoms with van der Waals surface area (Å²) in [6.45, 7) is 5.19. The van der Waals surface area contributed by atoms with Crippen LogP contribution in [0.5, 0.6) is 0 Å². The fourth-order valence-corrected chi connectivity index (χ4v) is 5.16. The lowest BCUT2D eigenvalue weighted by Gasteiger charge is -2.29. The molecule has 0 saturated heterocycles. The third-order valence-electron chi connectivity index (χ3n) is 8.04. The Bertz CT molecular complexity index is 1220. The Kier molecular flexibility index (Phi) is 23.6. The first-order valence-corrected chi connectivity index (χ1v) is 18.5. The first-order chi connectivity index (χ1) is 24.4. The summed E-state index contributed by atoms with van der Waals surface area (Å²) in [5.41, 5.74) is 27.3. The number of nitrogens with two attached hydrogens (primary N) is 5. The highest BCUT2D eigenvalue weighted by molar-refractivity contribution is 7.98. The molecule has 0 aromatic heterocycles. The van der Waals surface area contributed by atoms with E-state index in [1.165, 1.54) is 18.7 Å². The van der Waals surface area contributed by atoms with Gasteiger partial charge in [0.2, 0.25) is 35.4 Å². The van der Waals surface area contributed by atoms with E-state index in [0.29, 0.717) is 31.6 Å². The molecule has 6 amide bonds. The highest BCUT2D eigenvalue weighted by Gasteiger charge is 2.34. The minimum absolute atomic E-state index is 0.0575. The molecule has 0 heterocycles. The molecule has 0 unspecified atom stereocenters. The third kappa shape index (κ3) is 18.9. The highest BCUT2D eigenvalue weighted by atomic mass is 32.2. The number of carboxylic acids is 1. The van der Waals surface area contributed by atoms with Crippen LogP contribution in [0.25, 0.3) is 0 Å². The third-order valence-corrected chi connectivity index (χ3v) is 8.68. The molecule has 8 atom stereocenters. The van der Waals surface area contributed by atoms with Gasteiger partial charge in [-0.15, -0.1) is 0 Å². The molecule has 20 nitrogen and oxygen atoms in total. The lowest BCUT2D eigenvalue weighted by Crippen LogP contribution is -2.60. The number of carboxylic acid groups (broad SMARTS) is 1. The van der Waals surface area contributed by atoms with Gasteiger partial charge in [0.05, 0.1) is 12.5 Å². The predicted octanol–water partition coefficient (Wildman–Crippen LogP) is -3.94. The van der Waals surface area contributed by atoms with Gasteiger partial charge in [0.1, 0.15) is 36.3 Å². The van der Waals surface area contributed by atoms with Crippen LogP contribution in [0.4, 0.5) is 0 Å². The molecule has 21 heteroatoms. The number of nitrogens with one attached hydrogen (secondary N) is 5.